The topological polar surface area (TPSA) is 47.4 Å². The van der Waals surface area contributed by atoms with Crippen LogP contribution >= 0.6 is 0 Å². The number of carbonyl (C=O) groups is 1. The van der Waals surface area contributed by atoms with Crippen molar-refractivity contribution >= 4 is 5.91 Å². The molecule has 0 bridgehead atoms. The lowest BCUT2D eigenvalue weighted by molar-refractivity contribution is -0.132. The molecule has 1 aromatic carbocycles. The van der Waals surface area contributed by atoms with Gasteiger partial charge in [-0.1, -0.05) is 31.2 Å². The number of benzene rings is 1. The molecule has 2 heterocycles. The Kier molecular flexibility index (Phi) is 4.34. The number of rotatable bonds is 4. The smallest absolute Gasteiger partial charge is 0.226 e. The highest BCUT2D eigenvalue weighted by molar-refractivity contribution is 5.81. The van der Waals surface area contributed by atoms with E-state index in [0.29, 0.717) is 18.4 Å². The zero-order chi connectivity index (χ0) is 17.4. The summed E-state index contributed by atoms with van der Waals surface area (Å²) >= 11 is 0. The van der Waals surface area contributed by atoms with E-state index in [1.807, 2.05) is 17.2 Å². The minimum absolute atomic E-state index is 0.257. The summed E-state index contributed by atoms with van der Waals surface area (Å²) in [4.78, 5) is 19.3. The Morgan fingerprint density at radius 3 is 2.84 bits per heavy atom. The van der Waals surface area contributed by atoms with Crippen LogP contribution in [-0.4, -0.2) is 40.6 Å². The van der Waals surface area contributed by atoms with Crippen LogP contribution in [0.25, 0.3) is 11.3 Å². The summed E-state index contributed by atoms with van der Waals surface area (Å²) in [5.41, 5.74) is 3.45. The van der Waals surface area contributed by atoms with Gasteiger partial charge in [0.15, 0.2) is 0 Å². The Morgan fingerprint density at radius 2 is 2.08 bits per heavy atom. The molecule has 5 nitrogen and oxygen atoms in total. The highest BCUT2D eigenvalue weighted by atomic mass is 16.5. The number of hydrogen-bond acceptors (Lipinski definition) is 3. The van der Waals surface area contributed by atoms with Crippen molar-refractivity contribution < 1.29 is 9.53 Å². The second-order valence-electron chi connectivity index (χ2n) is 7.20. The van der Waals surface area contributed by atoms with Crippen LogP contribution in [0.5, 0.6) is 0 Å². The molecular weight excluding hydrogens is 314 g/mol. The molecule has 2 atom stereocenters. The molecule has 5 heteroatoms. The quantitative estimate of drug-likeness (QED) is 0.860. The van der Waals surface area contributed by atoms with E-state index >= 15 is 0 Å². The third-order valence-electron chi connectivity index (χ3n) is 5.47. The van der Waals surface area contributed by atoms with Crippen LogP contribution in [0, 0.1) is 11.8 Å². The molecule has 0 saturated heterocycles. The van der Waals surface area contributed by atoms with E-state index in [2.05, 4.69) is 34.7 Å². The Balaban J connectivity index is 1.58. The van der Waals surface area contributed by atoms with E-state index in [1.165, 1.54) is 5.56 Å². The number of ether oxygens (including phenoxy) is 1. The fraction of sp³-hybridized carbons (Fsp3) is 0.500. The minimum atomic E-state index is 0.257. The lowest BCUT2D eigenvalue weighted by atomic mass is 10.1. The van der Waals surface area contributed by atoms with Crippen molar-refractivity contribution in [3.8, 4) is 11.3 Å². The van der Waals surface area contributed by atoms with Gasteiger partial charge in [-0.05, 0) is 17.9 Å². The summed E-state index contributed by atoms with van der Waals surface area (Å²) in [6.07, 6.45) is 3.83. The molecule has 2 aliphatic rings. The molecule has 132 valence electrons. The third kappa shape index (κ3) is 3.09. The van der Waals surface area contributed by atoms with Gasteiger partial charge in [0.05, 0.1) is 18.5 Å². The first-order valence-corrected chi connectivity index (χ1v) is 9.09. The van der Waals surface area contributed by atoms with Crippen molar-refractivity contribution in [3.63, 3.8) is 0 Å². The Morgan fingerprint density at radius 1 is 1.28 bits per heavy atom. The standard InChI is InChI=1S/C20H25N3O2/c1-14-11-17(14)20(24)22-8-7-19-21-12-18(23(19)10-9-22)16-6-4-3-5-15(16)13-25-2/h3-6,12,14,17H,7-11,13H2,1-2H3/t14-,17-/m1/s1. The van der Waals surface area contributed by atoms with Crippen molar-refractivity contribution in [2.75, 3.05) is 20.2 Å². The van der Waals surface area contributed by atoms with Gasteiger partial charge in [-0.2, -0.15) is 0 Å². The van der Waals surface area contributed by atoms with Crippen LogP contribution in [0.4, 0.5) is 0 Å². The SMILES string of the molecule is COCc1ccccc1-c1cnc2n1CCN(C(=O)[C@@H]1C[C@H]1C)CC2. The number of hydrogen-bond donors (Lipinski definition) is 0. The fourth-order valence-electron chi connectivity index (χ4n) is 3.82. The molecule has 1 saturated carbocycles. The van der Waals surface area contributed by atoms with Crippen LogP contribution in [-0.2, 0) is 29.1 Å². The molecule has 1 aromatic heterocycles. The van der Waals surface area contributed by atoms with Crippen molar-refractivity contribution in [3.05, 3.63) is 41.9 Å². The van der Waals surface area contributed by atoms with Crippen molar-refractivity contribution in [1.82, 2.24) is 14.5 Å². The molecule has 1 aliphatic heterocycles. The number of carbonyl (C=O) groups excluding carboxylic acids is 1. The molecule has 0 unspecified atom stereocenters. The molecule has 25 heavy (non-hydrogen) atoms. The predicted molar refractivity (Wildman–Crippen MR) is 95.9 cm³/mol. The van der Waals surface area contributed by atoms with Crippen molar-refractivity contribution in [1.29, 1.82) is 0 Å². The zero-order valence-corrected chi connectivity index (χ0v) is 14.9. The second kappa shape index (κ2) is 6.64. The van der Waals surface area contributed by atoms with Gasteiger partial charge in [0.2, 0.25) is 5.91 Å². The molecule has 1 fully saturated rings. The van der Waals surface area contributed by atoms with E-state index in [9.17, 15) is 4.79 Å². The van der Waals surface area contributed by atoms with Gasteiger partial charge < -0.3 is 14.2 Å². The van der Waals surface area contributed by atoms with Crippen LogP contribution in [0.3, 0.4) is 0 Å². The lowest BCUT2D eigenvalue weighted by Gasteiger charge is -2.20. The van der Waals surface area contributed by atoms with Gasteiger partial charge in [-0.25, -0.2) is 4.98 Å². The Bertz CT molecular complexity index is 783. The summed E-state index contributed by atoms with van der Waals surface area (Å²) in [5.74, 6) is 2.22. The van der Waals surface area contributed by atoms with Crippen LogP contribution in [0.1, 0.15) is 24.7 Å². The zero-order valence-electron chi connectivity index (χ0n) is 14.9. The third-order valence-corrected chi connectivity index (χ3v) is 5.47. The number of fused-ring (bicyclic) bond motifs is 1. The first-order valence-electron chi connectivity index (χ1n) is 9.09. The van der Waals surface area contributed by atoms with Gasteiger partial charge in [-0.15, -0.1) is 0 Å². The number of methoxy groups -OCH3 is 1. The van der Waals surface area contributed by atoms with Gasteiger partial charge >= 0.3 is 0 Å². The summed E-state index contributed by atoms with van der Waals surface area (Å²) in [6.45, 7) is 5.10. The number of nitrogens with zero attached hydrogens (tertiary/aromatic N) is 3. The summed E-state index contributed by atoms with van der Waals surface area (Å²) in [6, 6.07) is 8.31. The first kappa shape index (κ1) is 16.3. The molecule has 0 spiro atoms. The van der Waals surface area contributed by atoms with Crippen molar-refractivity contribution in [2.45, 2.75) is 32.9 Å². The maximum absolute atomic E-state index is 12.6. The average molecular weight is 339 g/mol. The number of imidazole rings is 1. The fourth-order valence-corrected chi connectivity index (χ4v) is 3.82. The van der Waals surface area contributed by atoms with Crippen LogP contribution < -0.4 is 0 Å². The molecule has 1 amide bonds. The monoisotopic (exact) mass is 339 g/mol. The predicted octanol–water partition coefficient (Wildman–Crippen LogP) is 2.74. The summed E-state index contributed by atoms with van der Waals surface area (Å²) < 4.78 is 7.62. The average Bonchev–Trinajstić information content (AvgIpc) is 3.28. The number of aromatic nitrogens is 2. The maximum Gasteiger partial charge on any atom is 0.226 e. The molecule has 2 aromatic rings. The molecule has 0 N–H and O–H groups in total. The normalized spacial score (nSPS) is 22.4. The molecule has 4 rings (SSSR count). The number of amides is 1. The lowest BCUT2D eigenvalue weighted by Crippen LogP contribution is -2.35. The minimum Gasteiger partial charge on any atom is -0.380 e. The second-order valence-corrected chi connectivity index (χ2v) is 7.20. The highest BCUT2D eigenvalue weighted by Gasteiger charge is 2.41. The molecule has 1 aliphatic carbocycles. The Labute approximate surface area is 148 Å². The first-order chi connectivity index (χ1) is 12.2. The van der Waals surface area contributed by atoms with E-state index in [0.717, 1.165) is 49.6 Å². The van der Waals surface area contributed by atoms with Crippen LogP contribution in [0.2, 0.25) is 0 Å². The molecular formula is C20H25N3O2. The van der Waals surface area contributed by atoms with Crippen molar-refractivity contribution in [2.24, 2.45) is 11.8 Å². The summed E-state index contributed by atoms with van der Waals surface area (Å²) in [5, 5.41) is 0. The van der Waals surface area contributed by atoms with Gasteiger partial charge in [0.1, 0.15) is 5.82 Å². The largest absolute Gasteiger partial charge is 0.380 e. The van der Waals surface area contributed by atoms with Gasteiger partial charge in [0, 0.05) is 44.6 Å². The summed E-state index contributed by atoms with van der Waals surface area (Å²) in [7, 11) is 1.72. The van der Waals surface area contributed by atoms with E-state index in [-0.39, 0.29) is 5.92 Å². The van der Waals surface area contributed by atoms with E-state index < -0.39 is 0 Å². The van der Waals surface area contributed by atoms with Crippen LogP contribution in [0.15, 0.2) is 30.5 Å². The highest BCUT2D eigenvalue weighted by Crippen LogP contribution is 2.39. The van der Waals surface area contributed by atoms with Gasteiger partial charge in [-0.3, -0.25) is 4.79 Å². The van der Waals surface area contributed by atoms with Gasteiger partial charge in [0.25, 0.3) is 0 Å². The Hall–Kier alpha value is -2.14. The maximum atomic E-state index is 12.6. The van der Waals surface area contributed by atoms with E-state index in [1.54, 1.807) is 7.11 Å². The van der Waals surface area contributed by atoms with E-state index in [4.69, 9.17) is 4.74 Å². The molecule has 0 radical (unpaired) electrons.